The average Bonchev–Trinajstić information content (AvgIpc) is 3.39. The zero-order valence-electron chi connectivity index (χ0n) is 22.6. The van der Waals surface area contributed by atoms with E-state index in [0.29, 0.717) is 43.7 Å². The molecule has 11 heteroatoms. The number of morpholine rings is 1. The number of aromatic nitrogens is 2. The van der Waals surface area contributed by atoms with E-state index in [2.05, 4.69) is 10.2 Å². The molecule has 208 valence electrons. The first kappa shape index (κ1) is 28.1. The second kappa shape index (κ2) is 13.7. The van der Waals surface area contributed by atoms with Crippen LogP contribution < -0.4 is 14.8 Å². The van der Waals surface area contributed by atoms with Gasteiger partial charge >= 0.3 is 0 Å². The standard InChI is InChI=1S/C28H35N5O6/c1-36-20-27(35)32(13-12-31-14-16-39-17-15-31)19-26(34)30-28-29-25(21-4-8-23(37-2)9-5-21)18-33(28)22-6-10-24(38-3)11-7-22/h4-11,18H,12-17,19-20H2,1-3H3,(H,29,30,34). The summed E-state index contributed by atoms with van der Waals surface area (Å²) < 4.78 is 22.8. The van der Waals surface area contributed by atoms with Gasteiger partial charge in [0.25, 0.3) is 0 Å². The van der Waals surface area contributed by atoms with Gasteiger partial charge in [-0.3, -0.25) is 24.4 Å². The molecule has 0 spiro atoms. The number of hydrogen-bond acceptors (Lipinski definition) is 8. The van der Waals surface area contributed by atoms with Crippen LogP contribution in [0.2, 0.25) is 0 Å². The Hall–Kier alpha value is -3.93. The summed E-state index contributed by atoms with van der Waals surface area (Å²) in [5.74, 6) is 1.18. The predicted molar refractivity (Wildman–Crippen MR) is 146 cm³/mol. The summed E-state index contributed by atoms with van der Waals surface area (Å²) in [5.41, 5.74) is 2.32. The first-order valence-electron chi connectivity index (χ1n) is 12.8. The molecular weight excluding hydrogens is 502 g/mol. The van der Waals surface area contributed by atoms with Gasteiger partial charge in [-0.2, -0.15) is 0 Å². The van der Waals surface area contributed by atoms with Gasteiger partial charge < -0.3 is 23.8 Å². The van der Waals surface area contributed by atoms with E-state index in [1.165, 1.54) is 12.0 Å². The van der Waals surface area contributed by atoms with E-state index >= 15 is 0 Å². The number of benzene rings is 2. The van der Waals surface area contributed by atoms with Crippen LogP contribution in [0.5, 0.6) is 11.5 Å². The normalized spacial score (nSPS) is 13.6. The highest BCUT2D eigenvalue weighted by Crippen LogP contribution is 2.27. The summed E-state index contributed by atoms with van der Waals surface area (Å²) in [5, 5.41) is 2.90. The molecule has 3 aromatic rings. The van der Waals surface area contributed by atoms with E-state index < -0.39 is 0 Å². The van der Waals surface area contributed by atoms with Gasteiger partial charge in [0.15, 0.2) is 0 Å². The van der Waals surface area contributed by atoms with Crippen molar-refractivity contribution in [1.29, 1.82) is 0 Å². The summed E-state index contributed by atoms with van der Waals surface area (Å²) >= 11 is 0. The van der Waals surface area contributed by atoms with Crippen LogP contribution in [0.3, 0.4) is 0 Å². The molecule has 1 aliphatic rings. The number of carbonyl (C=O) groups excluding carboxylic acids is 2. The van der Waals surface area contributed by atoms with Crippen molar-refractivity contribution in [3.63, 3.8) is 0 Å². The van der Waals surface area contributed by atoms with Crippen molar-refractivity contribution < 1.29 is 28.5 Å². The SMILES string of the molecule is COCC(=O)N(CCN1CCOCC1)CC(=O)Nc1nc(-c2ccc(OC)cc2)cn1-c1ccc(OC)cc1. The van der Waals surface area contributed by atoms with E-state index in [0.717, 1.165) is 30.1 Å². The maximum Gasteiger partial charge on any atom is 0.249 e. The molecule has 0 atom stereocenters. The van der Waals surface area contributed by atoms with E-state index in [4.69, 9.17) is 23.9 Å². The molecule has 0 bridgehead atoms. The van der Waals surface area contributed by atoms with Crippen LogP contribution in [-0.2, 0) is 19.1 Å². The van der Waals surface area contributed by atoms with E-state index in [-0.39, 0.29) is 25.0 Å². The van der Waals surface area contributed by atoms with Gasteiger partial charge in [-0.05, 0) is 48.5 Å². The molecule has 1 saturated heterocycles. The lowest BCUT2D eigenvalue weighted by Gasteiger charge is -2.29. The Morgan fingerprint density at radius 2 is 1.62 bits per heavy atom. The van der Waals surface area contributed by atoms with Gasteiger partial charge in [-0.25, -0.2) is 4.98 Å². The van der Waals surface area contributed by atoms with Crippen LogP contribution in [0.1, 0.15) is 0 Å². The fraction of sp³-hybridized carbons (Fsp3) is 0.393. The van der Waals surface area contributed by atoms with Gasteiger partial charge in [-0.1, -0.05) is 0 Å². The second-order valence-electron chi connectivity index (χ2n) is 9.00. The lowest BCUT2D eigenvalue weighted by molar-refractivity contribution is -0.138. The first-order chi connectivity index (χ1) is 19.0. The van der Waals surface area contributed by atoms with E-state index in [1.54, 1.807) is 18.8 Å². The Bertz CT molecular complexity index is 1220. The number of nitrogens with zero attached hydrogens (tertiary/aromatic N) is 4. The summed E-state index contributed by atoms with van der Waals surface area (Å²) in [4.78, 5) is 34.4. The summed E-state index contributed by atoms with van der Waals surface area (Å²) in [6.45, 7) is 3.75. The fourth-order valence-electron chi connectivity index (χ4n) is 4.24. The van der Waals surface area contributed by atoms with Crippen LogP contribution in [0.15, 0.2) is 54.7 Å². The van der Waals surface area contributed by atoms with Crippen molar-refractivity contribution in [3.05, 3.63) is 54.7 Å². The molecule has 1 N–H and O–H groups in total. The van der Waals surface area contributed by atoms with E-state index in [9.17, 15) is 9.59 Å². The second-order valence-corrected chi connectivity index (χ2v) is 9.00. The number of carbonyl (C=O) groups is 2. The third-order valence-corrected chi connectivity index (χ3v) is 6.44. The maximum absolute atomic E-state index is 13.2. The molecule has 0 unspecified atom stereocenters. The highest BCUT2D eigenvalue weighted by Gasteiger charge is 2.21. The minimum atomic E-state index is -0.358. The molecule has 2 aromatic carbocycles. The first-order valence-corrected chi connectivity index (χ1v) is 12.8. The van der Waals surface area contributed by atoms with Crippen LogP contribution in [0.4, 0.5) is 5.95 Å². The van der Waals surface area contributed by atoms with Crippen LogP contribution >= 0.6 is 0 Å². The molecule has 2 heterocycles. The molecule has 1 aliphatic heterocycles. The Kier molecular flexibility index (Phi) is 9.90. The van der Waals surface area contributed by atoms with Gasteiger partial charge in [0.1, 0.15) is 24.7 Å². The zero-order chi connectivity index (χ0) is 27.6. The largest absolute Gasteiger partial charge is 0.497 e. The molecule has 0 aliphatic carbocycles. The van der Waals surface area contributed by atoms with Crippen molar-refractivity contribution in [2.24, 2.45) is 0 Å². The minimum Gasteiger partial charge on any atom is -0.497 e. The molecule has 11 nitrogen and oxygen atoms in total. The molecule has 2 amide bonds. The lowest BCUT2D eigenvalue weighted by Crippen LogP contribution is -2.46. The molecule has 0 radical (unpaired) electrons. The van der Waals surface area contributed by atoms with Crippen molar-refractivity contribution in [2.75, 3.05) is 79.2 Å². The van der Waals surface area contributed by atoms with Crippen LogP contribution in [0.25, 0.3) is 16.9 Å². The minimum absolute atomic E-state index is 0.0987. The van der Waals surface area contributed by atoms with Gasteiger partial charge in [0, 0.05) is 50.7 Å². The number of ether oxygens (including phenoxy) is 4. The number of rotatable bonds is 12. The summed E-state index contributed by atoms with van der Waals surface area (Å²) in [6.07, 6.45) is 1.85. The van der Waals surface area contributed by atoms with Crippen molar-refractivity contribution in [1.82, 2.24) is 19.4 Å². The lowest BCUT2D eigenvalue weighted by atomic mass is 10.1. The Labute approximate surface area is 228 Å². The highest BCUT2D eigenvalue weighted by atomic mass is 16.5. The van der Waals surface area contributed by atoms with Crippen LogP contribution in [0, 0.1) is 0 Å². The number of hydrogen-bond donors (Lipinski definition) is 1. The van der Waals surface area contributed by atoms with Crippen molar-refractivity contribution >= 4 is 17.8 Å². The molecule has 1 fully saturated rings. The fourth-order valence-corrected chi connectivity index (χ4v) is 4.24. The third kappa shape index (κ3) is 7.56. The van der Waals surface area contributed by atoms with Crippen molar-refractivity contribution in [3.8, 4) is 28.4 Å². The number of methoxy groups -OCH3 is 3. The van der Waals surface area contributed by atoms with Crippen LogP contribution in [-0.4, -0.2) is 105 Å². The average molecular weight is 538 g/mol. The number of imidazole rings is 1. The number of amides is 2. The Balaban J connectivity index is 1.54. The Morgan fingerprint density at radius 1 is 0.974 bits per heavy atom. The monoisotopic (exact) mass is 537 g/mol. The molecular formula is C28H35N5O6. The maximum atomic E-state index is 13.2. The predicted octanol–water partition coefficient (Wildman–Crippen LogP) is 2.30. The Morgan fingerprint density at radius 3 is 2.23 bits per heavy atom. The molecule has 1 aromatic heterocycles. The van der Waals surface area contributed by atoms with Gasteiger partial charge in [-0.15, -0.1) is 0 Å². The summed E-state index contributed by atoms with van der Waals surface area (Å²) in [7, 11) is 4.68. The van der Waals surface area contributed by atoms with Gasteiger partial charge in [0.2, 0.25) is 17.8 Å². The third-order valence-electron chi connectivity index (χ3n) is 6.44. The highest BCUT2D eigenvalue weighted by molar-refractivity contribution is 5.94. The molecule has 0 saturated carbocycles. The smallest absolute Gasteiger partial charge is 0.249 e. The number of nitrogens with one attached hydrogen (secondary N) is 1. The van der Waals surface area contributed by atoms with E-state index in [1.807, 2.05) is 54.7 Å². The quantitative estimate of drug-likeness (QED) is 0.375. The summed E-state index contributed by atoms with van der Waals surface area (Å²) in [6, 6.07) is 15.0. The number of anilines is 1. The zero-order valence-corrected chi connectivity index (χ0v) is 22.6. The molecule has 4 rings (SSSR count). The van der Waals surface area contributed by atoms with Gasteiger partial charge in [0.05, 0.1) is 33.1 Å². The molecule has 39 heavy (non-hydrogen) atoms. The topological polar surface area (TPSA) is 107 Å². The van der Waals surface area contributed by atoms with Crippen molar-refractivity contribution in [2.45, 2.75) is 0 Å².